The topological polar surface area (TPSA) is 216 Å². The Hall–Kier alpha value is -8.32. The Morgan fingerprint density at radius 2 is 1.61 bits per heavy atom. The van der Waals surface area contributed by atoms with Crippen LogP contribution in [0.25, 0.3) is 31.8 Å². The summed E-state index contributed by atoms with van der Waals surface area (Å²) in [4.78, 5) is 86.4. The van der Waals surface area contributed by atoms with Gasteiger partial charge in [-0.25, -0.2) is 19.7 Å². The van der Waals surface area contributed by atoms with Crippen molar-refractivity contribution in [2.45, 2.75) is 98.0 Å². The van der Waals surface area contributed by atoms with Gasteiger partial charge in [-0.1, -0.05) is 105 Å². The number of para-hydroxylation sites is 1. The first-order valence-corrected chi connectivity index (χ1v) is 28.3. The molecule has 16 nitrogen and oxygen atoms in total. The number of carboxylic acid groups (broad SMARTS) is 1. The number of aliphatic hydroxyl groups is 1. The first-order valence-electron chi connectivity index (χ1n) is 26.6. The molecule has 0 unspecified atom stereocenters. The maximum absolute atomic E-state index is 14.3. The van der Waals surface area contributed by atoms with E-state index in [0.29, 0.717) is 70.6 Å². The normalized spacial score (nSPS) is 15.9. The minimum atomic E-state index is -1.18. The summed E-state index contributed by atoms with van der Waals surface area (Å²) in [5.41, 5.74) is 9.73. The number of fused-ring (bicyclic) bond motifs is 2. The fourth-order valence-electron chi connectivity index (χ4n) is 10.5. The molecule has 0 bridgehead atoms. The number of nitrogens with zero attached hydrogens (tertiary/aromatic N) is 5. The number of anilines is 2. The van der Waals surface area contributed by atoms with Crippen molar-refractivity contribution in [3.63, 3.8) is 0 Å². The summed E-state index contributed by atoms with van der Waals surface area (Å²) in [5, 5.41) is 30.8. The number of ether oxygens (including phenoxy) is 1. The first kappa shape index (κ1) is 55.0. The molecule has 5 heterocycles. The lowest BCUT2D eigenvalue weighted by atomic mass is 9.85. The average Bonchev–Trinajstić information content (AvgIpc) is 4.22. The van der Waals surface area contributed by atoms with Gasteiger partial charge in [0.1, 0.15) is 29.4 Å². The van der Waals surface area contributed by atoms with E-state index in [1.807, 2.05) is 143 Å². The van der Waals surface area contributed by atoms with Crippen LogP contribution in [-0.4, -0.2) is 90.9 Å². The van der Waals surface area contributed by atoms with Gasteiger partial charge in [0.25, 0.3) is 5.91 Å². The van der Waals surface area contributed by atoms with E-state index in [4.69, 9.17) is 9.72 Å². The van der Waals surface area contributed by atoms with Gasteiger partial charge in [-0.05, 0) is 127 Å². The summed E-state index contributed by atoms with van der Waals surface area (Å²) in [6, 6.07) is 35.4. The summed E-state index contributed by atoms with van der Waals surface area (Å²) in [5.74, 6) is -1.07. The van der Waals surface area contributed by atoms with Gasteiger partial charge >= 0.3 is 5.97 Å². The lowest BCUT2D eigenvalue weighted by Crippen LogP contribution is -2.57. The van der Waals surface area contributed by atoms with Gasteiger partial charge in [0.05, 0.1) is 38.4 Å². The van der Waals surface area contributed by atoms with Crippen LogP contribution in [0.5, 0.6) is 11.5 Å². The summed E-state index contributed by atoms with van der Waals surface area (Å²) in [7, 11) is 0. The molecule has 2 aliphatic rings. The van der Waals surface area contributed by atoms with E-state index in [1.54, 1.807) is 41.7 Å². The number of hydrogen-bond donors (Lipinski definition) is 5. The van der Waals surface area contributed by atoms with Crippen LogP contribution in [0.15, 0.2) is 127 Å². The number of benzene rings is 5. The molecule has 0 radical (unpaired) electrons. The molecule has 5 N–H and O–H groups in total. The highest BCUT2D eigenvalue weighted by Crippen LogP contribution is 2.37. The van der Waals surface area contributed by atoms with Crippen LogP contribution in [0.3, 0.4) is 0 Å². The average molecular weight is 1110 g/mol. The zero-order chi connectivity index (χ0) is 56.4. The van der Waals surface area contributed by atoms with E-state index in [-0.39, 0.29) is 48.8 Å². The molecule has 0 saturated carbocycles. The van der Waals surface area contributed by atoms with Crippen molar-refractivity contribution in [1.29, 1.82) is 0 Å². The highest BCUT2D eigenvalue weighted by atomic mass is 32.1. The van der Waals surface area contributed by atoms with Gasteiger partial charge in [-0.15, -0.1) is 11.3 Å². The molecule has 8 aromatic rings. The Morgan fingerprint density at radius 3 is 2.34 bits per heavy atom. The van der Waals surface area contributed by atoms with Gasteiger partial charge < -0.3 is 35.4 Å². The van der Waals surface area contributed by atoms with Crippen LogP contribution in [0.1, 0.15) is 101 Å². The van der Waals surface area contributed by atoms with Crippen molar-refractivity contribution in [2.75, 3.05) is 23.3 Å². The molecule has 0 spiro atoms. The van der Waals surface area contributed by atoms with Crippen molar-refractivity contribution in [3.05, 3.63) is 172 Å². The van der Waals surface area contributed by atoms with Gasteiger partial charge in [0.15, 0.2) is 10.8 Å². The Kier molecular flexibility index (Phi) is 15.9. The molecule has 10 rings (SSSR count). The molecule has 5 aromatic carbocycles. The fraction of sp³-hybridized carbons (Fsp3) is 0.290. The van der Waals surface area contributed by atoms with Crippen molar-refractivity contribution in [3.8, 4) is 33.1 Å². The van der Waals surface area contributed by atoms with Crippen LogP contribution >= 0.6 is 22.7 Å². The largest absolute Gasteiger partial charge is 0.476 e. The summed E-state index contributed by atoms with van der Waals surface area (Å²) < 4.78 is 7.34. The Morgan fingerprint density at radius 1 is 0.850 bits per heavy atom. The molecular formula is C62H62N8O8S2. The van der Waals surface area contributed by atoms with Gasteiger partial charge in [0, 0.05) is 43.6 Å². The number of hydrogen-bond acceptors (Lipinski definition) is 13. The zero-order valence-corrected chi connectivity index (χ0v) is 46.9. The number of carbonyl (C=O) groups excluding carboxylic acids is 4. The number of β-amino-alcohol motifs (C(OH)–C–C–N with tert-alkyl or cyclic N) is 1. The monoisotopic (exact) mass is 1110 g/mol. The zero-order valence-electron chi connectivity index (χ0n) is 45.3. The van der Waals surface area contributed by atoms with Crippen LogP contribution in [0, 0.1) is 19.3 Å². The number of aliphatic hydroxyl groups excluding tert-OH is 1. The number of nitrogens with one attached hydrogen (secondary N) is 3. The third-order valence-corrected chi connectivity index (χ3v) is 16.8. The molecule has 4 atom stereocenters. The summed E-state index contributed by atoms with van der Waals surface area (Å²) >= 11 is 2.98. The summed E-state index contributed by atoms with van der Waals surface area (Å²) in [6.07, 6.45) is 0.275. The maximum atomic E-state index is 14.3. The standard InChI is InChI=1S/C62H62N8O8S2/c1-35-44(45-26-27-52(66-54(45)60(76)77)69-30-29-40-11-9-13-46(47(40)33-69)57(73)68-61-65-48-14-7-8-16-51(48)80-61)12-10-15-50(35)78-43-24-17-38(18-25-43)19-28-53(72)67-56(62(4,5)6)59(75)70-32-42(71)31-49(70)58(74)64-36(2)39-20-22-41(23-21-39)55-37(3)63-34-79-55/h7-18,20-27,34,36,42,49,56,71H,19,28-33H2,1-6H3,(H,64,74)(H,67,72)(H,76,77)(H,65,68,73)/t36-,42+,49-,56+/m0/s1. The lowest BCUT2D eigenvalue weighted by Gasteiger charge is -2.35. The third kappa shape index (κ3) is 12.0. The van der Waals surface area contributed by atoms with E-state index in [0.717, 1.165) is 48.6 Å². The molecule has 2 aliphatic heterocycles. The number of aromatic nitrogens is 3. The van der Waals surface area contributed by atoms with E-state index in [1.165, 1.54) is 16.2 Å². The molecule has 3 aromatic heterocycles. The van der Waals surface area contributed by atoms with Crippen molar-refractivity contribution in [1.82, 2.24) is 30.5 Å². The second-order valence-corrected chi connectivity index (χ2v) is 23.4. The molecule has 18 heteroatoms. The number of pyridine rings is 1. The number of carboxylic acids is 1. The van der Waals surface area contributed by atoms with Crippen molar-refractivity contribution in [2.24, 2.45) is 5.41 Å². The number of carbonyl (C=O) groups is 5. The van der Waals surface area contributed by atoms with Gasteiger partial charge in [-0.2, -0.15) is 0 Å². The molecular weight excluding hydrogens is 1050 g/mol. The van der Waals surface area contributed by atoms with E-state index in [2.05, 4.69) is 25.9 Å². The molecule has 1 fully saturated rings. The quantitative estimate of drug-likeness (QED) is 0.0611. The number of rotatable bonds is 16. The van der Waals surface area contributed by atoms with E-state index < -0.39 is 35.5 Å². The van der Waals surface area contributed by atoms with E-state index in [9.17, 15) is 34.2 Å². The summed E-state index contributed by atoms with van der Waals surface area (Å²) in [6.45, 7) is 12.2. The molecule has 4 amide bonds. The fourth-order valence-corrected chi connectivity index (χ4v) is 12.1. The van der Waals surface area contributed by atoms with Gasteiger partial charge in [-0.3, -0.25) is 24.5 Å². The predicted octanol–water partition coefficient (Wildman–Crippen LogP) is 10.7. The Balaban J connectivity index is 0.754. The number of thiazole rings is 2. The Bertz CT molecular complexity index is 3610. The number of aromatic carboxylic acids is 1. The third-order valence-electron chi connectivity index (χ3n) is 14.9. The molecule has 1 saturated heterocycles. The van der Waals surface area contributed by atoms with Crippen LogP contribution < -0.4 is 25.6 Å². The van der Waals surface area contributed by atoms with E-state index >= 15 is 0 Å². The number of amides is 4. The number of likely N-dealkylation sites (tertiary alicyclic amines) is 1. The minimum Gasteiger partial charge on any atom is -0.476 e. The van der Waals surface area contributed by atoms with Crippen LogP contribution in [0.2, 0.25) is 0 Å². The smallest absolute Gasteiger partial charge is 0.355 e. The highest BCUT2D eigenvalue weighted by Gasteiger charge is 2.45. The Labute approximate surface area is 471 Å². The lowest BCUT2D eigenvalue weighted by molar-refractivity contribution is -0.144. The maximum Gasteiger partial charge on any atom is 0.355 e. The highest BCUT2D eigenvalue weighted by molar-refractivity contribution is 7.22. The minimum absolute atomic E-state index is 0.0307. The van der Waals surface area contributed by atoms with Crippen LogP contribution in [-0.2, 0) is 33.8 Å². The molecule has 0 aliphatic carbocycles. The van der Waals surface area contributed by atoms with Crippen molar-refractivity contribution >= 4 is 73.4 Å². The first-order chi connectivity index (χ1) is 38.4. The van der Waals surface area contributed by atoms with Crippen LogP contribution in [0.4, 0.5) is 10.9 Å². The molecule has 410 valence electrons. The second kappa shape index (κ2) is 23.2. The predicted molar refractivity (Wildman–Crippen MR) is 311 cm³/mol. The second-order valence-electron chi connectivity index (χ2n) is 21.5. The molecule has 80 heavy (non-hydrogen) atoms. The van der Waals surface area contributed by atoms with Gasteiger partial charge in [0.2, 0.25) is 17.7 Å². The van der Waals surface area contributed by atoms with Crippen molar-refractivity contribution < 1.29 is 38.9 Å². The number of aryl methyl sites for hydroxylation is 2. The SMILES string of the molecule is Cc1ncsc1-c1ccc([C@H](C)NC(=O)[C@@H]2C[C@@H](O)CN2C(=O)[C@@H](NC(=O)CCc2ccc(Oc3cccc(-c4ccc(N5CCc6cccc(C(=O)Nc7nc8ccccc8s7)c6C5)nc4C(=O)O)c3C)cc2)C(C)(C)C)cc1.